The van der Waals surface area contributed by atoms with Crippen molar-refractivity contribution in [3.05, 3.63) is 45.2 Å². The topological polar surface area (TPSA) is 68.0 Å². The van der Waals surface area contributed by atoms with E-state index in [0.717, 1.165) is 11.3 Å². The van der Waals surface area contributed by atoms with Crippen molar-refractivity contribution in [2.24, 2.45) is 5.73 Å². The molecule has 0 saturated carbocycles. The molecule has 0 aliphatic carbocycles. The number of nitrogens with zero attached hydrogens (tertiary/aromatic N) is 1. The highest BCUT2D eigenvalue weighted by atomic mass is 32.1. The number of rotatable bonds is 3. The molecule has 2 rings (SSSR count). The standard InChI is InChI=1S/C11H6F5N3OS/c12-5-6(13)8(15)10(9(16)7(5)14)19-11(20)3-2-21-4(1-17)18-3/h2H,1,17H2,(H,19,20). The Balaban J connectivity index is 2.38. The van der Waals surface area contributed by atoms with Gasteiger partial charge in [0.1, 0.15) is 16.4 Å². The molecule has 0 unspecified atom stereocenters. The second-order valence-corrected chi connectivity index (χ2v) is 4.67. The van der Waals surface area contributed by atoms with Crippen LogP contribution in [-0.4, -0.2) is 10.9 Å². The fraction of sp³-hybridized carbons (Fsp3) is 0.0909. The number of aromatic nitrogens is 1. The van der Waals surface area contributed by atoms with Gasteiger partial charge in [0.15, 0.2) is 23.3 Å². The van der Waals surface area contributed by atoms with Crippen molar-refractivity contribution >= 4 is 22.9 Å². The molecular formula is C11H6F5N3OS. The largest absolute Gasteiger partial charge is 0.325 e. The van der Waals surface area contributed by atoms with Crippen LogP contribution in [0.2, 0.25) is 0 Å². The summed E-state index contributed by atoms with van der Waals surface area (Å²) in [6, 6.07) is 0. The predicted molar refractivity (Wildman–Crippen MR) is 64.2 cm³/mol. The molecule has 0 atom stereocenters. The van der Waals surface area contributed by atoms with E-state index in [-0.39, 0.29) is 12.2 Å². The molecular weight excluding hydrogens is 317 g/mol. The molecule has 1 aromatic carbocycles. The molecule has 0 spiro atoms. The Kier molecular flexibility index (Phi) is 4.19. The molecule has 3 N–H and O–H groups in total. The van der Waals surface area contributed by atoms with Gasteiger partial charge in [0, 0.05) is 11.9 Å². The van der Waals surface area contributed by atoms with Crippen LogP contribution in [0, 0.1) is 29.1 Å². The Bertz CT molecular complexity index is 689. The lowest BCUT2D eigenvalue weighted by Crippen LogP contribution is -2.17. The van der Waals surface area contributed by atoms with E-state index in [2.05, 4.69) is 4.98 Å². The summed E-state index contributed by atoms with van der Waals surface area (Å²) < 4.78 is 65.5. The molecule has 1 heterocycles. The zero-order chi connectivity index (χ0) is 15.7. The van der Waals surface area contributed by atoms with Gasteiger partial charge in [-0.1, -0.05) is 0 Å². The average molecular weight is 323 g/mol. The van der Waals surface area contributed by atoms with Crippen molar-refractivity contribution in [3.63, 3.8) is 0 Å². The molecule has 1 amide bonds. The van der Waals surface area contributed by atoms with Crippen LogP contribution in [0.25, 0.3) is 0 Å². The third kappa shape index (κ3) is 2.72. The number of carbonyl (C=O) groups excluding carboxylic acids is 1. The van der Waals surface area contributed by atoms with E-state index in [9.17, 15) is 26.7 Å². The van der Waals surface area contributed by atoms with Gasteiger partial charge in [0.05, 0.1) is 0 Å². The fourth-order valence-corrected chi connectivity index (χ4v) is 2.06. The molecule has 112 valence electrons. The Morgan fingerprint density at radius 2 is 1.62 bits per heavy atom. The van der Waals surface area contributed by atoms with Crippen molar-refractivity contribution in [2.45, 2.75) is 6.54 Å². The Morgan fingerprint density at radius 3 is 2.10 bits per heavy atom. The summed E-state index contributed by atoms with van der Waals surface area (Å²) in [6.07, 6.45) is 0. The molecule has 0 aliphatic rings. The first-order valence-corrected chi connectivity index (χ1v) is 6.22. The second-order valence-electron chi connectivity index (χ2n) is 3.73. The highest BCUT2D eigenvalue weighted by Crippen LogP contribution is 2.27. The number of thiazole rings is 1. The highest BCUT2D eigenvalue weighted by Gasteiger charge is 2.27. The summed E-state index contributed by atoms with van der Waals surface area (Å²) in [7, 11) is 0. The third-order valence-electron chi connectivity index (χ3n) is 2.41. The maximum absolute atomic E-state index is 13.4. The van der Waals surface area contributed by atoms with Crippen LogP contribution in [0.4, 0.5) is 27.6 Å². The lowest BCUT2D eigenvalue weighted by atomic mass is 10.2. The van der Waals surface area contributed by atoms with Crippen molar-refractivity contribution in [3.8, 4) is 0 Å². The van der Waals surface area contributed by atoms with Crippen LogP contribution in [0.1, 0.15) is 15.5 Å². The number of halogens is 5. The third-order valence-corrected chi connectivity index (χ3v) is 3.28. The molecule has 10 heteroatoms. The summed E-state index contributed by atoms with van der Waals surface area (Å²) >= 11 is 1.01. The van der Waals surface area contributed by atoms with Gasteiger partial charge in [-0.3, -0.25) is 4.79 Å². The number of nitrogens with one attached hydrogen (secondary N) is 1. The van der Waals surface area contributed by atoms with Crippen molar-refractivity contribution in [1.82, 2.24) is 4.98 Å². The lowest BCUT2D eigenvalue weighted by molar-refractivity contribution is 0.102. The summed E-state index contributed by atoms with van der Waals surface area (Å²) in [5, 5.41) is 3.22. The summed E-state index contributed by atoms with van der Waals surface area (Å²) in [6.45, 7) is 0.0421. The van der Waals surface area contributed by atoms with E-state index in [4.69, 9.17) is 5.73 Å². The number of amides is 1. The molecule has 1 aromatic heterocycles. The van der Waals surface area contributed by atoms with E-state index in [1.165, 1.54) is 5.38 Å². The molecule has 2 aromatic rings. The van der Waals surface area contributed by atoms with Gasteiger partial charge < -0.3 is 11.1 Å². The van der Waals surface area contributed by atoms with Crippen molar-refractivity contribution in [1.29, 1.82) is 0 Å². The molecule has 0 aliphatic heterocycles. The maximum Gasteiger partial charge on any atom is 0.275 e. The van der Waals surface area contributed by atoms with Crippen LogP contribution in [0.5, 0.6) is 0 Å². The SMILES string of the molecule is NCc1nc(C(=O)Nc2c(F)c(F)c(F)c(F)c2F)cs1. The van der Waals surface area contributed by atoms with Crippen molar-refractivity contribution in [2.75, 3.05) is 5.32 Å². The van der Waals surface area contributed by atoms with Gasteiger partial charge in [0.2, 0.25) is 5.82 Å². The number of carbonyl (C=O) groups is 1. The van der Waals surface area contributed by atoms with Crippen LogP contribution < -0.4 is 11.1 Å². The quantitative estimate of drug-likeness (QED) is 0.518. The Morgan fingerprint density at radius 1 is 1.10 bits per heavy atom. The van der Waals surface area contributed by atoms with Crippen LogP contribution >= 0.6 is 11.3 Å². The number of hydrogen-bond donors (Lipinski definition) is 2. The number of anilines is 1. The Hall–Kier alpha value is -2.07. The first kappa shape index (κ1) is 15.3. The molecule has 0 fully saturated rings. The van der Waals surface area contributed by atoms with E-state index >= 15 is 0 Å². The van der Waals surface area contributed by atoms with Gasteiger partial charge in [-0.2, -0.15) is 0 Å². The monoisotopic (exact) mass is 323 g/mol. The first-order chi connectivity index (χ1) is 9.86. The van der Waals surface area contributed by atoms with Gasteiger partial charge in [-0.15, -0.1) is 11.3 Å². The molecule has 4 nitrogen and oxygen atoms in total. The van der Waals surface area contributed by atoms with Crippen molar-refractivity contribution < 1.29 is 26.7 Å². The van der Waals surface area contributed by atoms with Gasteiger partial charge >= 0.3 is 0 Å². The van der Waals surface area contributed by atoms with E-state index in [1.807, 2.05) is 0 Å². The fourth-order valence-electron chi connectivity index (χ4n) is 1.40. The van der Waals surface area contributed by atoms with E-state index in [1.54, 1.807) is 5.32 Å². The minimum Gasteiger partial charge on any atom is -0.325 e. The smallest absolute Gasteiger partial charge is 0.275 e. The molecule has 0 radical (unpaired) electrons. The van der Waals surface area contributed by atoms with E-state index in [0.29, 0.717) is 5.01 Å². The molecule has 0 saturated heterocycles. The number of hydrogen-bond acceptors (Lipinski definition) is 4. The second kappa shape index (κ2) is 5.74. The highest BCUT2D eigenvalue weighted by molar-refractivity contribution is 7.09. The van der Waals surface area contributed by atoms with Gasteiger partial charge in [-0.05, 0) is 0 Å². The van der Waals surface area contributed by atoms with Crippen LogP contribution in [0.15, 0.2) is 5.38 Å². The summed E-state index contributed by atoms with van der Waals surface area (Å²) in [5.74, 6) is -12.0. The summed E-state index contributed by atoms with van der Waals surface area (Å²) in [4.78, 5) is 15.4. The maximum atomic E-state index is 13.4. The minimum atomic E-state index is -2.30. The minimum absolute atomic E-state index is 0.0421. The zero-order valence-corrected chi connectivity index (χ0v) is 10.8. The van der Waals surface area contributed by atoms with Gasteiger partial charge in [0.25, 0.3) is 5.91 Å². The average Bonchev–Trinajstić information content (AvgIpc) is 2.96. The predicted octanol–water partition coefficient (Wildman–Crippen LogP) is 2.55. The molecule has 0 bridgehead atoms. The lowest BCUT2D eigenvalue weighted by Gasteiger charge is -2.08. The molecule has 21 heavy (non-hydrogen) atoms. The number of benzene rings is 1. The number of nitrogens with two attached hydrogens (primary N) is 1. The van der Waals surface area contributed by atoms with Crippen LogP contribution in [0.3, 0.4) is 0 Å². The van der Waals surface area contributed by atoms with E-state index < -0.39 is 40.7 Å². The zero-order valence-electron chi connectivity index (χ0n) is 10.0. The van der Waals surface area contributed by atoms with Gasteiger partial charge in [-0.25, -0.2) is 26.9 Å². The normalized spacial score (nSPS) is 10.8. The first-order valence-electron chi connectivity index (χ1n) is 5.34. The van der Waals surface area contributed by atoms with Crippen LogP contribution in [-0.2, 0) is 6.54 Å². The Labute approximate surface area is 118 Å². The summed E-state index contributed by atoms with van der Waals surface area (Å²) in [5.41, 5.74) is 3.60.